The van der Waals surface area contributed by atoms with Gasteiger partial charge < -0.3 is 15.0 Å². The van der Waals surface area contributed by atoms with Gasteiger partial charge in [0.1, 0.15) is 12.4 Å². The number of nitrogens with one attached hydrogen (secondary N) is 1. The number of pyridine rings is 1. The van der Waals surface area contributed by atoms with Gasteiger partial charge in [-0.05, 0) is 43.7 Å². The maximum atomic E-state index is 12.9. The van der Waals surface area contributed by atoms with Gasteiger partial charge in [-0.25, -0.2) is 9.78 Å². The summed E-state index contributed by atoms with van der Waals surface area (Å²) in [6.07, 6.45) is 11.0. The SMILES string of the molecule is O=C(OCc1ccccc1)N1CCCC[C@@H]1c1cccnc1NC1CCCCC1. The highest BCUT2D eigenvalue weighted by Gasteiger charge is 2.31. The van der Waals surface area contributed by atoms with Crippen LogP contribution in [0, 0.1) is 0 Å². The van der Waals surface area contributed by atoms with Crippen LogP contribution in [0.1, 0.15) is 68.5 Å². The summed E-state index contributed by atoms with van der Waals surface area (Å²) in [6, 6.07) is 14.5. The molecule has 1 aromatic carbocycles. The molecule has 154 valence electrons. The fourth-order valence-corrected chi connectivity index (χ4v) is 4.52. The molecule has 0 unspecified atom stereocenters. The number of nitrogens with zero attached hydrogens (tertiary/aromatic N) is 2. The predicted molar refractivity (Wildman–Crippen MR) is 115 cm³/mol. The van der Waals surface area contributed by atoms with Crippen LogP contribution in [0.25, 0.3) is 0 Å². The topological polar surface area (TPSA) is 54.5 Å². The lowest BCUT2D eigenvalue weighted by Gasteiger charge is -2.36. The second kappa shape index (κ2) is 9.77. The molecule has 5 nitrogen and oxygen atoms in total. The lowest BCUT2D eigenvalue weighted by atomic mass is 9.93. The van der Waals surface area contributed by atoms with Crippen LogP contribution in [0.15, 0.2) is 48.7 Å². The molecule has 0 radical (unpaired) electrons. The van der Waals surface area contributed by atoms with Crippen molar-refractivity contribution in [3.63, 3.8) is 0 Å². The summed E-state index contributed by atoms with van der Waals surface area (Å²) in [7, 11) is 0. The number of carbonyl (C=O) groups is 1. The highest BCUT2D eigenvalue weighted by molar-refractivity contribution is 5.69. The maximum Gasteiger partial charge on any atom is 0.410 e. The largest absolute Gasteiger partial charge is 0.445 e. The Kier molecular flexibility index (Phi) is 6.65. The van der Waals surface area contributed by atoms with Crippen LogP contribution >= 0.6 is 0 Å². The standard InChI is InChI=1S/C24H31N3O2/c28-24(29-18-19-10-3-1-4-11-19)27-17-8-7-15-22(27)21-14-9-16-25-23(21)26-20-12-5-2-6-13-20/h1,3-4,9-11,14,16,20,22H,2,5-8,12-13,15,17-18H2,(H,25,26)/t22-/m1/s1. The smallest absolute Gasteiger partial charge is 0.410 e. The summed E-state index contributed by atoms with van der Waals surface area (Å²) in [4.78, 5) is 19.5. The monoisotopic (exact) mass is 393 g/mol. The molecule has 1 atom stereocenters. The Labute approximate surface area is 173 Å². The molecule has 0 spiro atoms. The van der Waals surface area contributed by atoms with E-state index in [4.69, 9.17) is 4.74 Å². The van der Waals surface area contributed by atoms with Crippen LogP contribution < -0.4 is 5.32 Å². The van der Waals surface area contributed by atoms with E-state index in [1.54, 1.807) is 0 Å². The number of carbonyl (C=O) groups excluding carboxylic acids is 1. The highest BCUT2D eigenvalue weighted by Crippen LogP contribution is 2.35. The Bertz CT molecular complexity index is 790. The van der Waals surface area contributed by atoms with Crippen LogP contribution in [-0.4, -0.2) is 28.6 Å². The van der Waals surface area contributed by atoms with Crippen LogP contribution in [0.3, 0.4) is 0 Å². The molecule has 1 amide bonds. The number of hydrogen-bond donors (Lipinski definition) is 1. The van der Waals surface area contributed by atoms with Gasteiger partial charge >= 0.3 is 6.09 Å². The fourth-order valence-electron chi connectivity index (χ4n) is 4.52. The van der Waals surface area contributed by atoms with E-state index in [9.17, 15) is 4.79 Å². The molecule has 1 aliphatic heterocycles. The van der Waals surface area contributed by atoms with E-state index < -0.39 is 0 Å². The van der Waals surface area contributed by atoms with Crippen molar-refractivity contribution in [2.24, 2.45) is 0 Å². The molecule has 1 N–H and O–H groups in total. The molecule has 2 aromatic rings. The first kappa shape index (κ1) is 19.7. The summed E-state index contributed by atoms with van der Waals surface area (Å²) < 4.78 is 5.66. The molecule has 1 saturated heterocycles. The highest BCUT2D eigenvalue weighted by atomic mass is 16.6. The molecule has 4 rings (SSSR count). The number of hydrogen-bond acceptors (Lipinski definition) is 4. The zero-order chi connectivity index (χ0) is 19.9. The minimum Gasteiger partial charge on any atom is -0.445 e. The number of benzene rings is 1. The van der Waals surface area contributed by atoms with Gasteiger partial charge in [0.05, 0.1) is 6.04 Å². The van der Waals surface area contributed by atoms with Gasteiger partial charge in [-0.3, -0.25) is 0 Å². The van der Waals surface area contributed by atoms with E-state index in [2.05, 4.69) is 16.4 Å². The van der Waals surface area contributed by atoms with Gasteiger partial charge in [-0.2, -0.15) is 0 Å². The van der Waals surface area contributed by atoms with Crippen LogP contribution in [-0.2, 0) is 11.3 Å². The van der Waals surface area contributed by atoms with E-state index in [0.717, 1.165) is 42.8 Å². The summed E-state index contributed by atoms with van der Waals surface area (Å²) in [5.74, 6) is 0.937. The second-order valence-electron chi connectivity index (χ2n) is 8.17. The quantitative estimate of drug-likeness (QED) is 0.709. The Morgan fingerprint density at radius 1 is 1.00 bits per heavy atom. The van der Waals surface area contributed by atoms with Crippen molar-refractivity contribution in [1.29, 1.82) is 0 Å². The van der Waals surface area contributed by atoms with Gasteiger partial charge in [0, 0.05) is 24.3 Å². The first-order chi connectivity index (χ1) is 14.3. The van der Waals surface area contributed by atoms with Gasteiger partial charge in [0.15, 0.2) is 0 Å². The molecule has 2 fully saturated rings. The number of piperidine rings is 1. The van der Waals surface area contributed by atoms with Gasteiger partial charge in [-0.1, -0.05) is 55.7 Å². The normalized spacial score (nSPS) is 20.3. The molecule has 5 heteroatoms. The molecular formula is C24H31N3O2. The molecule has 1 aliphatic carbocycles. The van der Waals surface area contributed by atoms with Crippen LogP contribution in [0.4, 0.5) is 10.6 Å². The maximum absolute atomic E-state index is 12.9. The molecule has 29 heavy (non-hydrogen) atoms. The summed E-state index contributed by atoms with van der Waals surface area (Å²) in [5.41, 5.74) is 2.13. The van der Waals surface area contributed by atoms with E-state index >= 15 is 0 Å². The third-order valence-corrected chi connectivity index (χ3v) is 6.09. The molecular weight excluding hydrogens is 362 g/mol. The number of ether oxygens (including phenoxy) is 1. The zero-order valence-electron chi connectivity index (χ0n) is 17.1. The second-order valence-corrected chi connectivity index (χ2v) is 8.17. The third-order valence-electron chi connectivity index (χ3n) is 6.09. The number of anilines is 1. The average molecular weight is 394 g/mol. The van der Waals surface area contributed by atoms with E-state index in [1.165, 1.54) is 32.1 Å². The van der Waals surface area contributed by atoms with Crippen molar-refractivity contribution < 1.29 is 9.53 Å². The van der Waals surface area contributed by atoms with Crippen molar-refractivity contribution in [2.75, 3.05) is 11.9 Å². The van der Waals surface area contributed by atoms with Crippen LogP contribution in [0.2, 0.25) is 0 Å². The summed E-state index contributed by atoms with van der Waals surface area (Å²) >= 11 is 0. The Morgan fingerprint density at radius 3 is 2.62 bits per heavy atom. The first-order valence-corrected chi connectivity index (χ1v) is 11.0. The average Bonchev–Trinajstić information content (AvgIpc) is 2.79. The Morgan fingerprint density at radius 2 is 1.79 bits per heavy atom. The fraction of sp³-hybridized carbons (Fsp3) is 0.500. The number of likely N-dealkylation sites (tertiary alicyclic amines) is 1. The summed E-state index contributed by atoms with van der Waals surface area (Å²) in [5, 5.41) is 3.67. The van der Waals surface area contributed by atoms with Gasteiger partial charge in [0.25, 0.3) is 0 Å². The molecule has 0 bridgehead atoms. The minimum absolute atomic E-state index is 0.0202. The van der Waals surface area contributed by atoms with Crippen molar-refractivity contribution >= 4 is 11.9 Å². The van der Waals surface area contributed by atoms with E-state index in [-0.39, 0.29) is 12.1 Å². The van der Waals surface area contributed by atoms with Crippen molar-refractivity contribution in [3.05, 3.63) is 59.8 Å². The van der Waals surface area contributed by atoms with E-state index in [1.807, 2.05) is 47.5 Å². The van der Waals surface area contributed by atoms with Crippen molar-refractivity contribution in [3.8, 4) is 0 Å². The molecule has 1 aromatic heterocycles. The minimum atomic E-state index is -0.231. The lowest BCUT2D eigenvalue weighted by molar-refractivity contribution is 0.0680. The Hall–Kier alpha value is -2.56. The first-order valence-electron chi connectivity index (χ1n) is 11.0. The number of amides is 1. The van der Waals surface area contributed by atoms with Crippen molar-refractivity contribution in [2.45, 2.75) is 70.1 Å². The van der Waals surface area contributed by atoms with Crippen molar-refractivity contribution in [1.82, 2.24) is 9.88 Å². The molecule has 2 heterocycles. The lowest BCUT2D eigenvalue weighted by Crippen LogP contribution is -2.39. The molecule has 1 saturated carbocycles. The zero-order valence-corrected chi connectivity index (χ0v) is 17.1. The third kappa shape index (κ3) is 5.08. The van der Waals surface area contributed by atoms with Gasteiger partial charge in [-0.15, -0.1) is 0 Å². The number of aromatic nitrogens is 1. The Balaban J connectivity index is 1.47. The summed E-state index contributed by atoms with van der Waals surface area (Å²) in [6.45, 7) is 1.04. The number of rotatable bonds is 5. The van der Waals surface area contributed by atoms with E-state index in [0.29, 0.717) is 12.6 Å². The van der Waals surface area contributed by atoms with Gasteiger partial charge in [0.2, 0.25) is 0 Å². The molecule has 2 aliphatic rings. The van der Waals surface area contributed by atoms with Crippen LogP contribution in [0.5, 0.6) is 0 Å². The predicted octanol–water partition coefficient (Wildman–Crippen LogP) is 5.69.